The van der Waals surface area contributed by atoms with Crippen LogP contribution < -0.4 is 0 Å². The van der Waals surface area contributed by atoms with Gasteiger partial charge in [0.25, 0.3) is 0 Å². The van der Waals surface area contributed by atoms with Crippen molar-refractivity contribution in [3.63, 3.8) is 0 Å². The average Bonchev–Trinajstić information content (AvgIpc) is 2.49. The van der Waals surface area contributed by atoms with E-state index in [2.05, 4.69) is 15.9 Å². The Balaban J connectivity index is 2.86. The molecule has 2 aromatic rings. The zero-order valence-corrected chi connectivity index (χ0v) is 8.85. The second-order valence-electron chi connectivity index (χ2n) is 2.57. The zero-order chi connectivity index (χ0) is 9.42. The van der Waals surface area contributed by atoms with Gasteiger partial charge in [0.15, 0.2) is 0 Å². The van der Waals surface area contributed by atoms with E-state index in [1.807, 2.05) is 18.2 Å². The van der Waals surface area contributed by atoms with Crippen LogP contribution in [-0.2, 0) is 0 Å². The molecule has 0 radical (unpaired) electrons. The maximum atomic E-state index is 10.8. The Labute approximate surface area is 86.9 Å². The summed E-state index contributed by atoms with van der Waals surface area (Å²) in [7, 11) is 0. The lowest BCUT2D eigenvalue weighted by molar-refractivity contribution is 0.0699. The lowest BCUT2D eigenvalue weighted by Gasteiger charge is -1.95. The molecule has 0 spiro atoms. The summed E-state index contributed by atoms with van der Waals surface area (Å²) < 4.78 is 1.83. The van der Waals surface area contributed by atoms with Crippen molar-refractivity contribution in [1.82, 2.24) is 0 Å². The quantitative estimate of drug-likeness (QED) is 0.850. The summed E-state index contributed by atoms with van der Waals surface area (Å²) in [6.45, 7) is 0. The molecule has 0 saturated carbocycles. The zero-order valence-electron chi connectivity index (χ0n) is 6.45. The van der Waals surface area contributed by atoms with Crippen LogP contribution in [-0.4, -0.2) is 11.1 Å². The van der Waals surface area contributed by atoms with Gasteiger partial charge in [0.2, 0.25) is 0 Å². The van der Waals surface area contributed by atoms with Gasteiger partial charge in [0.05, 0.1) is 5.56 Å². The number of carboxylic acids is 1. The van der Waals surface area contributed by atoms with Crippen LogP contribution in [0.5, 0.6) is 0 Å². The number of fused-ring (bicyclic) bond motifs is 1. The van der Waals surface area contributed by atoms with E-state index in [0.29, 0.717) is 5.56 Å². The number of hydrogen-bond donors (Lipinski definition) is 1. The first-order valence-electron chi connectivity index (χ1n) is 3.59. The first-order valence-corrected chi connectivity index (χ1v) is 5.26. The van der Waals surface area contributed by atoms with Gasteiger partial charge < -0.3 is 5.11 Å². The number of benzene rings is 1. The van der Waals surface area contributed by atoms with Gasteiger partial charge in [-0.1, -0.05) is 22.0 Å². The lowest BCUT2D eigenvalue weighted by Crippen LogP contribution is -1.93. The molecule has 2 rings (SSSR count). The molecule has 4 heteroatoms. The molecule has 0 aliphatic carbocycles. The van der Waals surface area contributed by atoms with Gasteiger partial charge in [0, 0.05) is 19.9 Å². The smallest absolute Gasteiger partial charge is 0.337 e. The highest BCUT2D eigenvalue weighted by atomic mass is 79.9. The first-order chi connectivity index (χ1) is 6.20. The summed E-state index contributed by atoms with van der Waals surface area (Å²) in [5.41, 5.74) is 0.368. The minimum absolute atomic E-state index is 0.368. The van der Waals surface area contributed by atoms with E-state index in [1.165, 1.54) is 11.3 Å². The molecule has 13 heavy (non-hydrogen) atoms. The van der Waals surface area contributed by atoms with Gasteiger partial charge in [-0.3, -0.25) is 0 Å². The van der Waals surface area contributed by atoms with Crippen molar-refractivity contribution in [2.24, 2.45) is 0 Å². The minimum Gasteiger partial charge on any atom is -0.478 e. The predicted molar refractivity (Wildman–Crippen MR) is 56.5 cm³/mol. The Morgan fingerprint density at radius 3 is 2.92 bits per heavy atom. The van der Waals surface area contributed by atoms with Gasteiger partial charge in [-0.2, -0.15) is 0 Å². The van der Waals surface area contributed by atoms with E-state index in [0.717, 1.165) is 14.6 Å². The Morgan fingerprint density at radius 2 is 2.23 bits per heavy atom. The summed E-state index contributed by atoms with van der Waals surface area (Å²) in [5.74, 6) is -0.877. The van der Waals surface area contributed by atoms with Crippen LogP contribution in [0.25, 0.3) is 10.1 Å². The van der Waals surface area contributed by atoms with Crippen LogP contribution in [0.15, 0.2) is 28.1 Å². The highest BCUT2D eigenvalue weighted by Crippen LogP contribution is 2.31. The monoisotopic (exact) mass is 256 g/mol. The summed E-state index contributed by atoms with van der Waals surface area (Å²) >= 11 is 4.78. The third-order valence-electron chi connectivity index (χ3n) is 1.78. The van der Waals surface area contributed by atoms with Gasteiger partial charge >= 0.3 is 5.97 Å². The molecule has 1 N–H and O–H groups in total. The van der Waals surface area contributed by atoms with Gasteiger partial charge in [-0.25, -0.2) is 4.79 Å². The number of carbonyl (C=O) groups is 1. The second-order valence-corrected chi connectivity index (χ2v) is 4.33. The Hall–Kier alpha value is -0.870. The van der Waals surface area contributed by atoms with Crippen LogP contribution in [0, 0.1) is 0 Å². The molecular weight excluding hydrogens is 252 g/mol. The summed E-state index contributed by atoms with van der Waals surface area (Å²) in [6, 6.07) is 5.66. The lowest BCUT2D eigenvalue weighted by atomic mass is 10.2. The molecule has 0 aliphatic rings. The van der Waals surface area contributed by atoms with E-state index in [1.54, 1.807) is 5.38 Å². The van der Waals surface area contributed by atoms with Crippen LogP contribution in [0.4, 0.5) is 0 Å². The molecule has 0 aliphatic heterocycles. The minimum atomic E-state index is -0.877. The van der Waals surface area contributed by atoms with Gasteiger partial charge in [0.1, 0.15) is 0 Å². The molecule has 0 atom stereocenters. The maximum Gasteiger partial charge on any atom is 0.337 e. The topological polar surface area (TPSA) is 37.3 Å². The fourth-order valence-electron chi connectivity index (χ4n) is 1.20. The highest BCUT2D eigenvalue weighted by Gasteiger charge is 2.12. The number of hydrogen-bond acceptors (Lipinski definition) is 2. The van der Waals surface area contributed by atoms with Crippen LogP contribution >= 0.6 is 27.3 Å². The number of halogens is 1. The van der Waals surface area contributed by atoms with Gasteiger partial charge in [-0.05, 0) is 12.1 Å². The van der Waals surface area contributed by atoms with Crippen LogP contribution in [0.1, 0.15) is 10.4 Å². The maximum absolute atomic E-state index is 10.8. The Bertz CT molecular complexity index is 475. The van der Waals surface area contributed by atoms with E-state index in [9.17, 15) is 4.79 Å². The molecule has 66 valence electrons. The van der Waals surface area contributed by atoms with E-state index in [-0.39, 0.29) is 0 Å². The number of carboxylic acid groups (broad SMARTS) is 1. The number of rotatable bonds is 1. The standard InChI is InChI=1S/C9H5BrO2S/c10-6-2-1-3-7-8(6)5(4-13-7)9(11)12/h1-4H,(H,11,12). The Morgan fingerprint density at radius 1 is 1.46 bits per heavy atom. The van der Waals surface area contributed by atoms with Crippen LogP contribution in [0.3, 0.4) is 0 Å². The van der Waals surface area contributed by atoms with Crippen molar-refractivity contribution in [2.45, 2.75) is 0 Å². The fraction of sp³-hybridized carbons (Fsp3) is 0. The summed E-state index contributed by atoms with van der Waals surface area (Å²) in [5, 5.41) is 11.3. The molecule has 1 aromatic carbocycles. The third kappa shape index (κ3) is 1.36. The van der Waals surface area contributed by atoms with E-state index < -0.39 is 5.97 Å². The van der Waals surface area contributed by atoms with Crippen molar-refractivity contribution < 1.29 is 9.90 Å². The molecule has 0 saturated heterocycles. The summed E-state index contributed by atoms with van der Waals surface area (Å²) in [6.07, 6.45) is 0. The molecule has 2 nitrogen and oxygen atoms in total. The summed E-state index contributed by atoms with van der Waals surface area (Å²) in [4.78, 5) is 10.8. The first kappa shape index (κ1) is 8.72. The van der Waals surface area contributed by atoms with E-state index >= 15 is 0 Å². The number of thiophene rings is 1. The fourth-order valence-corrected chi connectivity index (χ4v) is 2.87. The molecule has 0 amide bonds. The largest absolute Gasteiger partial charge is 0.478 e. The highest BCUT2D eigenvalue weighted by molar-refractivity contribution is 9.10. The SMILES string of the molecule is O=C(O)c1csc2cccc(Br)c12. The predicted octanol–water partition coefficient (Wildman–Crippen LogP) is 3.36. The van der Waals surface area contributed by atoms with Crippen molar-refractivity contribution in [2.75, 3.05) is 0 Å². The molecule has 0 fully saturated rings. The molecule has 1 heterocycles. The molecule has 0 unspecified atom stereocenters. The molecule has 1 aromatic heterocycles. The van der Waals surface area contributed by atoms with E-state index in [4.69, 9.17) is 5.11 Å². The Kier molecular flexibility index (Phi) is 2.09. The molecule has 0 bridgehead atoms. The van der Waals surface area contributed by atoms with Crippen molar-refractivity contribution >= 4 is 43.3 Å². The number of aromatic carboxylic acids is 1. The van der Waals surface area contributed by atoms with Crippen molar-refractivity contribution in [3.05, 3.63) is 33.6 Å². The van der Waals surface area contributed by atoms with Crippen molar-refractivity contribution in [3.8, 4) is 0 Å². The van der Waals surface area contributed by atoms with Crippen molar-refractivity contribution in [1.29, 1.82) is 0 Å². The van der Waals surface area contributed by atoms with Gasteiger partial charge in [-0.15, -0.1) is 11.3 Å². The normalized spacial score (nSPS) is 10.5. The third-order valence-corrected chi connectivity index (χ3v) is 3.39. The van der Waals surface area contributed by atoms with Crippen LogP contribution in [0.2, 0.25) is 0 Å². The average molecular weight is 257 g/mol. The molecular formula is C9H5BrO2S. The second kappa shape index (κ2) is 3.12.